The molecule has 0 fully saturated rings. The molecular formula is C13H21NO4. The summed E-state index contributed by atoms with van der Waals surface area (Å²) >= 11 is 0. The van der Waals surface area contributed by atoms with Crippen molar-refractivity contribution >= 4 is 11.9 Å². The molecule has 1 aliphatic heterocycles. The van der Waals surface area contributed by atoms with Gasteiger partial charge in [0.05, 0.1) is 12.6 Å². The zero-order valence-electron chi connectivity index (χ0n) is 11.6. The van der Waals surface area contributed by atoms with E-state index in [-0.39, 0.29) is 5.78 Å². The summed E-state index contributed by atoms with van der Waals surface area (Å²) in [6, 6.07) is -0.593. The molecule has 0 saturated carbocycles. The Morgan fingerprint density at radius 1 is 1.44 bits per heavy atom. The van der Waals surface area contributed by atoms with Gasteiger partial charge < -0.3 is 14.4 Å². The van der Waals surface area contributed by atoms with Gasteiger partial charge in [-0.2, -0.15) is 0 Å². The average molecular weight is 255 g/mol. The van der Waals surface area contributed by atoms with E-state index < -0.39 is 17.7 Å². The topological polar surface area (TPSA) is 55.8 Å². The van der Waals surface area contributed by atoms with Crippen LogP contribution in [0, 0.1) is 0 Å². The van der Waals surface area contributed by atoms with Gasteiger partial charge in [-0.1, -0.05) is 0 Å². The van der Waals surface area contributed by atoms with Gasteiger partial charge in [0.25, 0.3) is 0 Å². The number of rotatable bonds is 3. The molecule has 0 saturated heterocycles. The monoisotopic (exact) mass is 255 g/mol. The van der Waals surface area contributed by atoms with E-state index in [0.717, 1.165) is 6.42 Å². The Kier molecular flexibility index (Phi) is 4.38. The molecule has 5 nitrogen and oxygen atoms in total. The second-order valence-corrected chi connectivity index (χ2v) is 5.34. The number of carbonyl (C=O) groups excluding carboxylic acids is 2. The van der Waals surface area contributed by atoms with Crippen molar-refractivity contribution in [1.29, 1.82) is 0 Å². The molecule has 0 aliphatic carbocycles. The lowest BCUT2D eigenvalue weighted by molar-refractivity contribution is -0.122. The van der Waals surface area contributed by atoms with Crippen LogP contribution in [0.25, 0.3) is 0 Å². The Morgan fingerprint density at radius 2 is 2.06 bits per heavy atom. The van der Waals surface area contributed by atoms with Crippen molar-refractivity contribution in [3.05, 3.63) is 11.8 Å². The number of hydrogen-bond acceptors (Lipinski definition) is 4. The Hall–Kier alpha value is -1.52. The number of amides is 1. The predicted octanol–water partition coefficient (Wildman–Crippen LogP) is 2.12. The highest BCUT2D eigenvalue weighted by Crippen LogP contribution is 2.16. The second-order valence-electron chi connectivity index (χ2n) is 5.34. The van der Waals surface area contributed by atoms with E-state index in [9.17, 15) is 9.59 Å². The van der Waals surface area contributed by atoms with Crippen molar-refractivity contribution in [2.45, 2.75) is 45.8 Å². The molecule has 1 unspecified atom stereocenters. The van der Waals surface area contributed by atoms with Crippen molar-refractivity contribution < 1.29 is 19.1 Å². The van der Waals surface area contributed by atoms with Crippen LogP contribution in [-0.2, 0) is 14.3 Å². The van der Waals surface area contributed by atoms with Gasteiger partial charge in [0, 0.05) is 13.5 Å². The summed E-state index contributed by atoms with van der Waals surface area (Å²) in [5.74, 6) is 0.152. The highest BCUT2D eigenvalue weighted by Gasteiger charge is 2.30. The van der Waals surface area contributed by atoms with E-state index in [1.54, 1.807) is 40.8 Å². The molecule has 102 valence electrons. The number of nitrogens with zero attached hydrogens (tertiary/aromatic N) is 1. The van der Waals surface area contributed by atoms with E-state index in [0.29, 0.717) is 12.4 Å². The Morgan fingerprint density at radius 3 is 2.50 bits per heavy atom. The van der Waals surface area contributed by atoms with Gasteiger partial charge in [0.2, 0.25) is 5.78 Å². The summed E-state index contributed by atoms with van der Waals surface area (Å²) in [7, 11) is 1.55. The molecule has 0 N–H and O–H groups in total. The second kappa shape index (κ2) is 5.42. The van der Waals surface area contributed by atoms with Crippen LogP contribution >= 0.6 is 0 Å². The summed E-state index contributed by atoms with van der Waals surface area (Å²) in [4.78, 5) is 25.1. The Labute approximate surface area is 108 Å². The van der Waals surface area contributed by atoms with Gasteiger partial charge in [0.15, 0.2) is 5.76 Å². The molecule has 1 atom stereocenters. The molecule has 1 rings (SSSR count). The minimum atomic E-state index is -0.593. The summed E-state index contributed by atoms with van der Waals surface area (Å²) < 4.78 is 10.4. The standard InChI is InChI=1S/C13H21NO4/c1-9(11(15)10-7-6-8-17-10)14(5)12(16)18-13(2,3)4/h7,9H,6,8H2,1-5H3. The van der Waals surface area contributed by atoms with Gasteiger partial charge >= 0.3 is 6.09 Å². The first-order valence-electron chi connectivity index (χ1n) is 6.05. The third-order valence-electron chi connectivity index (χ3n) is 2.59. The Bertz CT molecular complexity index is 368. The number of likely N-dealkylation sites (N-methyl/N-ethyl adjacent to an activating group) is 1. The van der Waals surface area contributed by atoms with Crippen LogP contribution in [0.1, 0.15) is 34.1 Å². The highest BCUT2D eigenvalue weighted by atomic mass is 16.6. The minimum absolute atomic E-state index is 0.194. The molecule has 0 bridgehead atoms. The molecule has 0 aromatic carbocycles. The molecule has 5 heteroatoms. The molecule has 18 heavy (non-hydrogen) atoms. The zero-order chi connectivity index (χ0) is 13.9. The van der Waals surface area contributed by atoms with E-state index in [2.05, 4.69) is 0 Å². The molecule has 1 aliphatic rings. The van der Waals surface area contributed by atoms with Gasteiger partial charge in [-0.15, -0.1) is 0 Å². The van der Waals surface area contributed by atoms with E-state index in [1.807, 2.05) is 0 Å². The lowest BCUT2D eigenvalue weighted by Crippen LogP contribution is -2.43. The summed E-state index contributed by atoms with van der Waals surface area (Å²) in [6.07, 6.45) is 1.98. The maximum atomic E-state index is 12.0. The van der Waals surface area contributed by atoms with Crippen LogP contribution < -0.4 is 0 Å². The Balaban J connectivity index is 2.63. The average Bonchev–Trinajstić information content (AvgIpc) is 2.77. The number of ether oxygens (including phenoxy) is 2. The van der Waals surface area contributed by atoms with Crippen LogP contribution in [0.15, 0.2) is 11.8 Å². The van der Waals surface area contributed by atoms with Crippen molar-refractivity contribution in [3.8, 4) is 0 Å². The van der Waals surface area contributed by atoms with Crippen LogP contribution in [0.2, 0.25) is 0 Å². The van der Waals surface area contributed by atoms with Crippen LogP contribution in [0.5, 0.6) is 0 Å². The lowest BCUT2D eigenvalue weighted by atomic mass is 10.1. The molecule has 1 amide bonds. The molecule has 0 aromatic rings. The van der Waals surface area contributed by atoms with Crippen molar-refractivity contribution in [3.63, 3.8) is 0 Å². The maximum absolute atomic E-state index is 12.0. The third kappa shape index (κ3) is 3.75. The van der Waals surface area contributed by atoms with Crippen LogP contribution in [0.3, 0.4) is 0 Å². The fourth-order valence-electron chi connectivity index (χ4n) is 1.46. The quantitative estimate of drug-likeness (QED) is 0.775. The fraction of sp³-hybridized carbons (Fsp3) is 0.692. The number of hydrogen-bond donors (Lipinski definition) is 0. The van der Waals surface area contributed by atoms with Gasteiger partial charge in [-0.3, -0.25) is 4.79 Å². The molecule has 0 aromatic heterocycles. The summed E-state index contributed by atoms with van der Waals surface area (Å²) in [6.45, 7) is 7.55. The zero-order valence-corrected chi connectivity index (χ0v) is 11.6. The fourth-order valence-corrected chi connectivity index (χ4v) is 1.46. The molecule has 0 radical (unpaired) electrons. The van der Waals surface area contributed by atoms with Gasteiger partial charge in [0.1, 0.15) is 5.60 Å². The number of Topliss-reactive ketones (excluding diaryl/α,β-unsaturated/α-hetero) is 1. The van der Waals surface area contributed by atoms with Gasteiger partial charge in [-0.25, -0.2) is 4.79 Å². The SMILES string of the molecule is CC(C(=O)C1=CCCO1)N(C)C(=O)OC(C)(C)C. The van der Waals surface area contributed by atoms with Gasteiger partial charge in [-0.05, 0) is 33.8 Å². The first-order chi connectivity index (χ1) is 8.22. The summed E-state index contributed by atoms with van der Waals surface area (Å²) in [5.41, 5.74) is -0.572. The van der Waals surface area contributed by atoms with E-state index in [4.69, 9.17) is 9.47 Å². The third-order valence-corrected chi connectivity index (χ3v) is 2.59. The molecular weight excluding hydrogens is 234 g/mol. The van der Waals surface area contributed by atoms with Crippen molar-refractivity contribution in [2.75, 3.05) is 13.7 Å². The van der Waals surface area contributed by atoms with Crippen LogP contribution in [-0.4, -0.2) is 42.1 Å². The first kappa shape index (κ1) is 14.5. The number of ketones is 1. The highest BCUT2D eigenvalue weighted by molar-refractivity contribution is 5.99. The van der Waals surface area contributed by atoms with E-state index >= 15 is 0 Å². The predicted molar refractivity (Wildman–Crippen MR) is 67.1 cm³/mol. The normalized spacial score (nSPS) is 16.6. The smallest absolute Gasteiger partial charge is 0.410 e. The van der Waals surface area contributed by atoms with Crippen molar-refractivity contribution in [1.82, 2.24) is 4.90 Å². The van der Waals surface area contributed by atoms with Crippen molar-refractivity contribution in [2.24, 2.45) is 0 Å². The lowest BCUT2D eigenvalue weighted by Gasteiger charge is -2.28. The van der Waals surface area contributed by atoms with E-state index in [1.165, 1.54) is 4.90 Å². The van der Waals surface area contributed by atoms with Crippen LogP contribution in [0.4, 0.5) is 4.79 Å². The number of carbonyl (C=O) groups is 2. The largest absolute Gasteiger partial charge is 0.490 e. The summed E-state index contributed by atoms with van der Waals surface area (Å²) in [5, 5.41) is 0. The maximum Gasteiger partial charge on any atom is 0.410 e. The minimum Gasteiger partial charge on any atom is -0.490 e. The molecule has 1 heterocycles. The molecule has 0 spiro atoms. The first-order valence-corrected chi connectivity index (χ1v) is 6.05.